The average molecular weight is 266 g/mol. The molecule has 1 aromatic heterocycles. The highest BCUT2D eigenvalue weighted by atomic mass is 16.5. The van der Waals surface area contributed by atoms with Gasteiger partial charge in [-0.1, -0.05) is 5.16 Å². The summed E-state index contributed by atoms with van der Waals surface area (Å²) in [5, 5.41) is 4.09. The van der Waals surface area contributed by atoms with E-state index in [0.29, 0.717) is 6.04 Å². The minimum atomic E-state index is 0.197. The molecule has 106 valence electrons. The minimum Gasteiger partial charge on any atom is -0.374 e. The standard InChI is InChI=1S/C14H22N2O3/c1-3-17-13-9-16(8-11-7-10(2)19-15-11)12-5-4-6-18-14(12)13/h7,12-14H,3-6,8-9H2,1-2H3/t12-,13+,14+/m1/s1. The van der Waals surface area contributed by atoms with Gasteiger partial charge >= 0.3 is 0 Å². The maximum atomic E-state index is 5.93. The van der Waals surface area contributed by atoms with E-state index in [0.717, 1.165) is 44.2 Å². The van der Waals surface area contributed by atoms with Crippen molar-refractivity contribution in [3.63, 3.8) is 0 Å². The van der Waals surface area contributed by atoms with Gasteiger partial charge in [-0.2, -0.15) is 0 Å². The lowest BCUT2D eigenvalue weighted by Crippen LogP contribution is -2.41. The Bertz CT molecular complexity index is 421. The molecule has 0 radical (unpaired) electrons. The van der Waals surface area contributed by atoms with Crippen molar-refractivity contribution in [1.82, 2.24) is 10.1 Å². The quantitative estimate of drug-likeness (QED) is 0.831. The van der Waals surface area contributed by atoms with Crippen molar-refractivity contribution in [1.29, 1.82) is 0 Å². The molecule has 2 aliphatic rings. The summed E-state index contributed by atoms with van der Waals surface area (Å²) in [6, 6.07) is 2.47. The van der Waals surface area contributed by atoms with Crippen molar-refractivity contribution in [2.24, 2.45) is 0 Å². The van der Waals surface area contributed by atoms with E-state index >= 15 is 0 Å². The largest absolute Gasteiger partial charge is 0.374 e. The van der Waals surface area contributed by atoms with Crippen LogP contribution in [0.1, 0.15) is 31.2 Å². The number of rotatable bonds is 4. The Morgan fingerprint density at radius 2 is 2.42 bits per heavy atom. The van der Waals surface area contributed by atoms with Gasteiger partial charge in [-0.25, -0.2) is 0 Å². The van der Waals surface area contributed by atoms with Crippen LogP contribution in [0.2, 0.25) is 0 Å². The van der Waals surface area contributed by atoms with Gasteiger partial charge in [-0.05, 0) is 26.7 Å². The van der Waals surface area contributed by atoms with Gasteiger partial charge in [0.15, 0.2) is 0 Å². The van der Waals surface area contributed by atoms with Crippen LogP contribution < -0.4 is 0 Å². The summed E-state index contributed by atoms with van der Waals surface area (Å²) in [6.45, 7) is 7.33. The molecule has 19 heavy (non-hydrogen) atoms. The summed E-state index contributed by atoms with van der Waals surface area (Å²) < 4.78 is 16.9. The average Bonchev–Trinajstić information content (AvgIpc) is 2.97. The van der Waals surface area contributed by atoms with Gasteiger partial charge in [0.2, 0.25) is 0 Å². The molecule has 0 aromatic carbocycles. The fourth-order valence-electron chi connectivity index (χ4n) is 3.25. The number of hydrogen-bond acceptors (Lipinski definition) is 5. The molecule has 0 saturated carbocycles. The molecule has 2 aliphatic heterocycles. The van der Waals surface area contributed by atoms with Gasteiger partial charge in [0, 0.05) is 38.4 Å². The topological polar surface area (TPSA) is 47.7 Å². The molecule has 2 saturated heterocycles. The summed E-state index contributed by atoms with van der Waals surface area (Å²) in [5.74, 6) is 0.868. The molecule has 0 unspecified atom stereocenters. The molecule has 0 bridgehead atoms. The van der Waals surface area contributed by atoms with Crippen molar-refractivity contribution in [3.05, 3.63) is 17.5 Å². The summed E-state index contributed by atoms with van der Waals surface area (Å²) >= 11 is 0. The summed E-state index contributed by atoms with van der Waals surface area (Å²) in [7, 11) is 0. The fourth-order valence-corrected chi connectivity index (χ4v) is 3.25. The maximum Gasteiger partial charge on any atom is 0.133 e. The lowest BCUT2D eigenvalue weighted by Gasteiger charge is -2.31. The van der Waals surface area contributed by atoms with Gasteiger partial charge in [-0.3, -0.25) is 4.90 Å². The molecule has 3 rings (SSSR count). The van der Waals surface area contributed by atoms with Gasteiger partial charge < -0.3 is 14.0 Å². The second kappa shape index (κ2) is 5.61. The molecule has 3 heterocycles. The predicted octanol–water partition coefficient (Wildman–Crippen LogP) is 1.75. The summed E-state index contributed by atoms with van der Waals surface area (Å²) in [6.07, 6.45) is 2.74. The van der Waals surface area contributed by atoms with Gasteiger partial charge in [0.25, 0.3) is 0 Å². The lowest BCUT2D eigenvalue weighted by molar-refractivity contribution is -0.0750. The first-order valence-electron chi connectivity index (χ1n) is 7.17. The molecule has 5 heteroatoms. The fraction of sp³-hybridized carbons (Fsp3) is 0.786. The normalized spacial score (nSPS) is 31.6. The Morgan fingerprint density at radius 3 is 3.16 bits per heavy atom. The van der Waals surface area contributed by atoms with Crippen molar-refractivity contribution in [3.8, 4) is 0 Å². The monoisotopic (exact) mass is 266 g/mol. The minimum absolute atomic E-state index is 0.197. The summed E-state index contributed by atoms with van der Waals surface area (Å²) in [5.41, 5.74) is 0.999. The van der Waals surface area contributed by atoms with E-state index in [1.807, 2.05) is 19.9 Å². The maximum absolute atomic E-state index is 5.93. The van der Waals surface area contributed by atoms with Gasteiger partial charge in [-0.15, -0.1) is 0 Å². The molecule has 0 N–H and O–H groups in total. The molecule has 0 spiro atoms. The number of aromatic nitrogens is 1. The smallest absolute Gasteiger partial charge is 0.133 e. The first kappa shape index (κ1) is 13.1. The van der Waals surface area contributed by atoms with E-state index in [2.05, 4.69) is 10.1 Å². The van der Waals surface area contributed by atoms with Gasteiger partial charge in [0.1, 0.15) is 11.9 Å². The third-order valence-electron chi connectivity index (χ3n) is 4.01. The van der Waals surface area contributed by atoms with Crippen LogP contribution >= 0.6 is 0 Å². The van der Waals surface area contributed by atoms with E-state index in [1.165, 1.54) is 6.42 Å². The number of likely N-dealkylation sites (tertiary alicyclic amines) is 1. The Balaban J connectivity index is 1.70. The Kier molecular flexibility index (Phi) is 3.86. The third-order valence-corrected chi connectivity index (χ3v) is 4.01. The van der Waals surface area contributed by atoms with Crippen LogP contribution in [-0.2, 0) is 16.0 Å². The van der Waals surface area contributed by atoms with Crippen molar-refractivity contribution < 1.29 is 14.0 Å². The van der Waals surface area contributed by atoms with Crippen LogP contribution in [0, 0.1) is 6.92 Å². The summed E-state index contributed by atoms with van der Waals surface area (Å²) in [4.78, 5) is 2.43. The number of fused-ring (bicyclic) bond motifs is 1. The second-order valence-corrected chi connectivity index (χ2v) is 5.40. The predicted molar refractivity (Wildman–Crippen MR) is 69.8 cm³/mol. The van der Waals surface area contributed by atoms with E-state index in [4.69, 9.17) is 14.0 Å². The first-order chi connectivity index (χ1) is 9.28. The van der Waals surface area contributed by atoms with E-state index < -0.39 is 0 Å². The van der Waals surface area contributed by atoms with Crippen LogP contribution in [-0.4, -0.2) is 48.1 Å². The van der Waals surface area contributed by atoms with Gasteiger partial charge in [0.05, 0.1) is 11.8 Å². The van der Waals surface area contributed by atoms with E-state index in [1.54, 1.807) is 0 Å². The van der Waals surface area contributed by atoms with E-state index in [-0.39, 0.29) is 12.2 Å². The number of aryl methyl sites for hydroxylation is 1. The van der Waals surface area contributed by atoms with E-state index in [9.17, 15) is 0 Å². The highest BCUT2D eigenvalue weighted by Crippen LogP contribution is 2.31. The molecule has 3 atom stereocenters. The second-order valence-electron chi connectivity index (χ2n) is 5.40. The highest BCUT2D eigenvalue weighted by Gasteiger charge is 2.44. The molecular weight excluding hydrogens is 244 g/mol. The zero-order chi connectivity index (χ0) is 13.2. The van der Waals surface area contributed by atoms with Crippen LogP contribution in [0.3, 0.4) is 0 Å². The van der Waals surface area contributed by atoms with Crippen LogP contribution in [0.5, 0.6) is 0 Å². The Hall–Kier alpha value is -0.910. The molecule has 0 amide bonds. The number of hydrogen-bond donors (Lipinski definition) is 0. The number of ether oxygens (including phenoxy) is 2. The van der Waals surface area contributed by atoms with Crippen molar-refractivity contribution >= 4 is 0 Å². The zero-order valence-electron chi connectivity index (χ0n) is 11.7. The van der Waals surface area contributed by atoms with Crippen LogP contribution in [0.25, 0.3) is 0 Å². The van der Waals surface area contributed by atoms with Crippen molar-refractivity contribution in [2.45, 2.75) is 51.5 Å². The Morgan fingerprint density at radius 1 is 1.53 bits per heavy atom. The first-order valence-corrected chi connectivity index (χ1v) is 7.17. The molecule has 2 fully saturated rings. The molecule has 5 nitrogen and oxygen atoms in total. The Labute approximate surface area is 113 Å². The number of nitrogens with zero attached hydrogens (tertiary/aromatic N) is 2. The van der Waals surface area contributed by atoms with Crippen molar-refractivity contribution in [2.75, 3.05) is 19.8 Å². The SMILES string of the molecule is CCO[C@H]1CN(Cc2cc(C)on2)[C@@H]2CCCO[C@H]12. The highest BCUT2D eigenvalue weighted by molar-refractivity contribution is 5.06. The molecular formula is C14H22N2O3. The molecule has 1 aromatic rings. The zero-order valence-corrected chi connectivity index (χ0v) is 11.7. The van der Waals surface area contributed by atoms with Crippen LogP contribution in [0.15, 0.2) is 10.6 Å². The molecule has 0 aliphatic carbocycles. The third kappa shape index (κ3) is 2.68. The van der Waals surface area contributed by atoms with Crippen LogP contribution in [0.4, 0.5) is 0 Å². The lowest BCUT2D eigenvalue weighted by atomic mass is 10.0.